The van der Waals surface area contributed by atoms with Crippen molar-refractivity contribution < 1.29 is 9.15 Å². The summed E-state index contributed by atoms with van der Waals surface area (Å²) in [5, 5.41) is 14.5. The minimum Gasteiger partial charge on any atom is -0.406 e. The molecule has 0 saturated carbocycles. The number of rotatable bonds is 5. The summed E-state index contributed by atoms with van der Waals surface area (Å²) in [7, 11) is 0. The minimum atomic E-state index is 0.0951. The number of nitrogens with one attached hydrogen (secondary N) is 2. The SMILES string of the molecule is CCNC(C)c1nnc(NC2CCOCC2)o1. The highest BCUT2D eigenvalue weighted by molar-refractivity contribution is 5.20. The fourth-order valence-corrected chi connectivity index (χ4v) is 1.88. The fraction of sp³-hybridized carbons (Fsp3) is 0.818. The summed E-state index contributed by atoms with van der Waals surface area (Å²) in [6, 6.07) is 0.987. The maximum Gasteiger partial charge on any atom is 0.315 e. The summed E-state index contributed by atoms with van der Waals surface area (Å²) >= 11 is 0. The van der Waals surface area contributed by atoms with E-state index in [9.17, 15) is 0 Å². The summed E-state index contributed by atoms with van der Waals surface area (Å²) < 4.78 is 10.9. The Balaban J connectivity index is 1.88. The van der Waals surface area contributed by atoms with Gasteiger partial charge in [-0.2, -0.15) is 0 Å². The van der Waals surface area contributed by atoms with Crippen LogP contribution in [0.1, 0.15) is 38.6 Å². The molecular formula is C11H20N4O2. The molecule has 6 nitrogen and oxygen atoms in total. The normalized spacial score (nSPS) is 19.2. The minimum absolute atomic E-state index is 0.0951. The molecular weight excluding hydrogens is 220 g/mol. The van der Waals surface area contributed by atoms with Crippen LogP contribution in [0.15, 0.2) is 4.42 Å². The smallest absolute Gasteiger partial charge is 0.315 e. The van der Waals surface area contributed by atoms with Crippen LogP contribution in [0.5, 0.6) is 0 Å². The molecule has 1 atom stereocenters. The fourth-order valence-electron chi connectivity index (χ4n) is 1.88. The van der Waals surface area contributed by atoms with Crippen LogP contribution in [-0.4, -0.2) is 36.0 Å². The molecule has 1 aliphatic rings. The maximum atomic E-state index is 5.56. The lowest BCUT2D eigenvalue weighted by molar-refractivity contribution is 0.0899. The molecule has 17 heavy (non-hydrogen) atoms. The Bertz CT molecular complexity index is 336. The molecule has 2 heterocycles. The second-order valence-corrected chi connectivity index (χ2v) is 4.26. The van der Waals surface area contributed by atoms with Crippen LogP contribution in [0.4, 0.5) is 6.01 Å². The van der Waals surface area contributed by atoms with E-state index in [1.165, 1.54) is 0 Å². The Morgan fingerprint density at radius 2 is 2.12 bits per heavy atom. The average Bonchev–Trinajstić information content (AvgIpc) is 2.79. The highest BCUT2D eigenvalue weighted by Gasteiger charge is 2.17. The van der Waals surface area contributed by atoms with Crippen molar-refractivity contribution in [3.63, 3.8) is 0 Å². The van der Waals surface area contributed by atoms with Gasteiger partial charge in [-0.15, -0.1) is 5.10 Å². The van der Waals surface area contributed by atoms with Crippen LogP contribution in [0.3, 0.4) is 0 Å². The number of hydrogen-bond acceptors (Lipinski definition) is 6. The molecule has 0 radical (unpaired) electrons. The van der Waals surface area contributed by atoms with Crippen molar-refractivity contribution >= 4 is 6.01 Å². The molecule has 0 spiro atoms. The Labute approximate surface area is 101 Å². The largest absolute Gasteiger partial charge is 0.406 e. The summed E-state index contributed by atoms with van der Waals surface area (Å²) in [6.07, 6.45) is 1.97. The van der Waals surface area contributed by atoms with Gasteiger partial charge in [0.15, 0.2) is 0 Å². The first-order chi connectivity index (χ1) is 8.29. The van der Waals surface area contributed by atoms with Crippen molar-refractivity contribution in [2.24, 2.45) is 0 Å². The predicted octanol–water partition coefficient (Wildman–Crippen LogP) is 1.33. The van der Waals surface area contributed by atoms with E-state index in [4.69, 9.17) is 9.15 Å². The van der Waals surface area contributed by atoms with Gasteiger partial charge in [-0.1, -0.05) is 12.0 Å². The highest BCUT2D eigenvalue weighted by atomic mass is 16.5. The molecule has 1 aromatic rings. The molecule has 0 bridgehead atoms. The Hall–Kier alpha value is -1.14. The lowest BCUT2D eigenvalue weighted by Gasteiger charge is -2.21. The van der Waals surface area contributed by atoms with Crippen LogP contribution >= 0.6 is 0 Å². The van der Waals surface area contributed by atoms with Crippen molar-refractivity contribution in [2.75, 3.05) is 25.1 Å². The van der Waals surface area contributed by atoms with Crippen molar-refractivity contribution in [1.29, 1.82) is 0 Å². The first-order valence-electron chi connectivity index (χ1n) is 6.20. The zero-order valence-electron chi connectivity index (χ0n) is 10.4. The second kappa shape index (κ2) is 5.97. The molecule has 1 unspecified atom stereocenters. The monoisotopic (exact) mass is 240 g/mol. The van der Waals surface area contributed by atoms with Crippen molar-refractivity contribution in [3.05, 3.63) is 5.89 Å². The molecule has 6 heteroatoms. The summed E-state index contributed by atoms with van der Waals surface area (Å²) in [5.41, 5.74) is 0. The van der Waals surface area contributed by atoms with E-state index in [0.717, 1.165) is 32.6 Å². The van der Waals surface area contributed by atoms with Gasteiger partial charge in [-0.05, 0) is 26.3 Å². The first kappa shape index (κ1) is 12.3. The number of nitrogens with zero attached hydrogens (tertiary/aromatic N) is 2. The number of ether oxygens (including phenoxy) is 1. The topological polar surface area (TPSA) is 72.2 Å². The summed E-state index contributed by atoms with van der Waals surface area (Å²) in [6.45, 7) is 6.54. The maximum absolute atomic E-state index is 5.56. The second-order valence-electron chi connectivity index (χ2n) is 4.26. The van der Waals surface area contributed by atoms with E-state index in [1.807, 2.05) is 13.8 Å². The molecule has 2 rings (SSSR count). The highest BCUT2D eigenvalue weighted by Crippen LogP contribution is 2.17. The number of anilines is 1. The van der Waals surface area contributed by atoms with Gasteiger partial charge in [-0.25, -0.2) is 0 Å². The van der Waals surface area contributed by atoms with Crippen LogP contribution in [-0.2, 0) is 4.74 Å². The molecule has 0 aliphatic carbocycles. The summed E-state index contributed by atoms with van der Waals surface area (Å²) in [5.74, 6) is 0.626. The quantitative estimate of drug-likeness (QED) is 0.809. The molecule has 2 N–H and O–H groups in total. The van der Waals surface area contributed by atoms with E-state index in [2.05, 4.69) is 20.8 Å². The van der Waals surface area contributed by atoms with Crippen molar-refractivity contribution in [2.45, 2.75) is 38.8 Å². The summed E-state index contributed by atoms with van der Waals surface area (Å²) in [4.78, 5) is 0. The molecule has 0 aromatic carbocycles. The van der Waals surface area contributed by atoms with E-state index in [-0.39, 0.29) is 6.04 Å². The van der Waals surface area contributed by atoms with Gasteiger partial charge < -0.3 is 19.8 Å². The first-order valence-corrected chi connectivity index (χ1v) is 6.20. The molecule has 1 saturated heterocycles. The predicted molar refractivity (Wildman–Crippen MR) is 63.9 cm³/mol. The molecule has 1 aromatic heterocycles. The van der Waals surface area contributed by atoms with Crippen LogP contribution < -0.4 is 10.6 Å². The standard InChI is InChI=1S/C11H20N4O2/c1-3-12-8(2)10-14-15-11(17-10)13-9-4-6-16-7-5-9/h8-9,12H,3-7H2,1-2H3,(H,13,15). The van der Waals surface area contributed by atoms with Gasteiger partial charge in [0.2, 0.25) is 5.89 Å². The average molecular weight is 240 g/mol. The third kappa shape index (κ3) is 3.41. The lowest BCUT2D eigenvalue weighted by Crippen LogP contribution is -2.27. The number of aromatic nitrogens is 2. The third-order valence-electron chi connectivity index (χ3n) is 2.87. The van der Waals surface area contributed by atoms with Crippen LogP contribution in [0.25, 0.3) is 0 Å². The molecule has 1 fully saturated rings. The van der Waals surface area contributed by atoms with Crippen LogP contribution in [0, 0.1) is 0 Å². The Kier molecular flexibility index (Phi) is 4.33. The molecule has 96 valence electrons. The Morgan fingerprint density at radius 3 is 2.82 bits per heavy atom. The van der Waals surface area contributed by atoms with Crippen molar-refractivity contribution in [1.82, 2.24) is 15.5 Å². The molecule has 0 amide bonds. The zero-order valence-corrected chi connectivity index (χ0v) is 10.4. The Morgan fingerprint density at radius 1 is 1.35 bits per heavy atom. The van der Waals surface area contributed by atoms with E-state index in [0.29, 0.717) is 17.9 Å². The van der Waals surface area contributed by atoms with E-state index < -0.39 is 0 Å². The lowest BCUT2D eigenvalue weighted by atomic mass is 10.1. The van der Waals surface area contributed by atoms with Gasteiger partial charge in [0, 0.05) is 19.3 Å². The van der Waals surface area contributed by atoms with E-state index in [1.54, 1.807) is 0 Å². The van der Waals surface area contributed by atoms with Crippen molar-refractivity contribution in [3.8, 4) is 0 Å². The zero-order chi connectivity index (χ0) is 12.1. The number of hydrogen-bond donors (Lipinski definition) is 2. The van der Waals surface area contributed by atoms with Crippen LogP contribution in [0.2, 0.25) is 0 Å². The van der Waals surface area contributed by atoms with E-state index >= 15 is 0 Å². The molecule has 1 aliphatic heterocycles. The third-order valence-corrected chi connectivity index (χ3v) is 2.87. The van der Waals surface area contributed by atoms with Gasteiger partial charge in [0.1, 0.15) is 0 Å². The van der Waals surface area contributed by atoms with Gasteiger partial charge in [-0.3, -0.25) is 0 Å². The van der Waals surface area contributed by atoms with Gasteiger partial charge in [0.05, 0.1) is 6.04 Å². The van der Waals surface area contributed by atoms with Gasteiger partial charge >= 0.3 is 6.01 Å². The van der Waals surface area contributed by atoms with Gasteiger partial charge in [0.25, 0.3) is 0 Å².